The number of benzene rings is 3. The van der Waals surface area contributed by atoms with E-state index in [4.69, 9.17) is 9.47 Å². The van der Waals surface area contributed by atoms with Crippen LogP contribution in [-0.2, 0) is 14.3 Å². The number of esters is 2. The van der Waals surface area contributed by atoms with E-state index in [0.29, 0.717) is 5.75 Å². The zero-order valence-electron chi connectivity index (χ0n) is 17.9. The molecular formula is C25H20FNO6. The highest BCUT2D eigenvalue weighted by molar-refractivity contribution is 6.00. The molecule has 0 aromatic heterocycles. The molecule has 7 nitrogen and oxygen atoms in total. The molecule has 0 radical (unpaired) electrons. The predicted molar refractivity (Wildman–Crippen MR) is 119 cm³/mol. The number of rotatable bonds is 7. The van der Waals surface area contributed by atoms with Gasteiger partial charge in [-0.05, 0) is 53.6 Å². The molecular weight excluding hydrogens is 429 g/mol. The minimum absolute atomic E-state index is 0.217. The number of hydrogen-bond donors (Lipinski definition) is 1. The Morgan fingerprint density at radius 3 is 2.00 bits per heavy atom. The van der Waals surface area contributed by atoms with E-state index in [-0.39, 0.29) is 22.7 Å². The summed E-state index contributed by atoms with van der Waals surface area (Å²) in [6, 6.07) is 17.0. The monoisotopic (exact) mass is 449 g/mol. The molecule has 0 heterocycles. The fraction of sp³-hybridized carbons (Fsp3) is 0.120. The summed E-state index contributed by atoms with van der Waals surface area (Å²) in [5.41, 5.74) is 1.86. The van der Waals surface area contributed by atoms with Crippen LogP contribution in [0.1, 0.15) is 34.6 Å². The molecule has 1 N–H and O–H groups in total. The molecule has 3 aromatic rings. The Hall–Kier alpha value is -4.33. The molecule has 1 amide bonds. The highest BCUT2D eigenvalue weighted by Gasteiger charge is 2.16. The zero-order chi connectivity index (χ0) is 24.0. The minimum Gasteiger partial charge on any atom is -0.454 e. The van der Waals surface area contributed by atoms with Gasteiger partial charge in [0, 0.05) is 19.5 Å². The second-order valence-corrected chi connectivity index (χ2v) is 7.07. The average molecular weight is 449 g/mol. The van der Waals surface area contributed by atoms with Crippen molar-refractivity contribution in [3.63, 3.8) is 0 Å². The Morgan fingerprint density at radius 1 is 0.848 bits per heavy atom. The SMILES string of the molecule is CC(=O)Nc1ccc(C(=O)COC(=O)c2ccc(-c3ccc(OC(C)=O)cc3)cc2)c(F)c1. The maximum Gasteiger partial charge on any atom is 0.338 e. The zero-order valence-corrected chi connectivity index (χ0v) is 17.9. The average Bonchev–Trinajstić information content (AvgIpc) is 2.77. The molecule has 0 saturated carbocycles. The quantitative estimate of drug-likeness (QED) is 0.326. The molecule has 3 aromatic carbocycles. The highest BCUT2D eigenvalue weighted by atomic mass is 19.1. The molecule has 0 aliphatic rings. The van der Waals surface area contributed by atoms with Crippen LogP contribution in [0.4, 0.5) is 10.1 Å². The van der Waals surface area contributed by atoms with Gasteiger partial charge in [0.05, 0.1) is 11.1 Å². The van der Waals surface area contributed by atoms with Crippen molar-refractivity contribution in [3.05, 3.63) is 83.7 Å². The number of amides is 1. The highest BCUT2D eigenvalue weighted by Crippen LogP contribution is 2.23. The summed E-state index contributed by atoms with van der Waals surface area (Å²) in [4.78, 5) is 46.5. The predicted octanol–water partition coefficient (Wildman–Crippen LogP) is 4.42. The number of ether oxygens (including phenoxy) is 2. The van der Waals surface area contributed by atoms with Gasteiger partial charge in [0.15, 0.2) is 6.61 Å². The lowest BCUT2D eigenvalue weighted by Crippen LogP contribution is -2.16. The first-order valence-corrected chi connectivity index (χ1v) is 9.89. The first-order chi connectivity index (χ1) is 15.7. The third kappa shape index (κ3) is 6.33. The fourth-order valence-electron chi connectivity index (χ4n) is 2.99. The largest absolute Gasteiger partial charge is 0.454 e. The van der Waals surface area contributed by atoms with E-state index in [1.165, 1.54) is 26.0 Å². The molecule has 0 unspecified atom stereocenters. The molecule has 33 heavy (non-hydrogen) atoms. The Labute approximate surface area is 189 Å². The van der Waals surface area contributed by atoms with Crippen molar-refractivity contribution in [2.24, 2.45) is 0 Å². The molecule has 0 fully saturated rings. The molecule has 0 atom stereocenters. The van der Waals surface area contributed by atoms with Crippen LogP contribution in [-0.4, -0.2) is 30.2 Å². The van der Waals surface area contributed by atoms with Gasteiger partial charge in [-0.2, -0.15) is 0 Å². The summed E-state index contributed by atoms with van der Waals surface area (Å²) in [6.45, 7) is 1.97. The second-order valence-electron chi connectivity index (χ2n) is 7.07. The van der Waals surface area contributed by atoms with Gasteiger partial charge in [0.25, 0.3) is 0 Å². The van der Waals surface area contributed by atoms with Crippen molar-refractivity contribution in [2.45, 2.75) is 13.8 Å². The van der Waals surface area contributed by atoms with Crippen molar-refractivity contribution in [1.29, 1.82) is 0 Å². The Kier molecular flexibility index (Phi) is 7.30. The van der Waals surface area contributed by atoms with Crippen LogP contribution in [0.3, 0.4) is 0 Å². The van der Waals surface area contributed by atoms with Gasteiger partial charge in [-0.15, -0.1) is 0 Å². The standard InChI is InChI=1S/C25H20FNO6/c1-15(28)27-20-9-12-22(23(26)13-20)24(30)14-32-25(31)19-5-3-17(4-6-19)18-7-10-21(11-8-18)33-16(2)29/h3-13H,14H2,1-2H3,(H,27,28). The third-order valence-electron chi connectivity index (χ3n) is 4.49. The first-order valence-electron chi connectivity index (χ1n) is 9.89. The Morgan fingerprint density at radius 2 is 1.45 bits per heavy atom. The summed E-state index contributed by atoms with van der Waals surface area (Å²) in [7, 11) is 0. The molecule has 3 rings (SSSR count). The molecule has 0 bridgehead atoms. The number of halogens is 1. The topological polar surface area (TPSA) is 98.8 Å². The molecule has 8 heteroatoms. The fourth-order valence-corrected chi connectivity index (χ4v) is 2.99. The number of carbonyl (C=O) groups excluding carboxylic acids is 4. The summed E-state index contributed by atoms with van der Waals surface area (Å²) >= 11 is 0. The van der Waals surface area contributed by atoms with E-state index in [1.807, 2.05) is 0 Å². The van der Waals surface area contributed by atoms with Crippen LogP contribution < -0.4 is 10.1 Å². The van der Waals surface area contributed by atoms with E-state index >= 15 is 0 Å². The van der Waals surface area contributed by atoms with Gasteiger partial charge in [-0.25, -0.2) is 9.18 Å². The van der Waals surface area contributed by atoms with Crippen LogP contribution in [0.25, 0.3) is 11.1 Å². The van der Waals surface area contributed by atoms with E-state index in [2.05, 4.69) is 5.32 Å². The smallest absolute Gasteiger partial charge is 0.338 e. The van der Waals surface area contributed by atoms with Crippen LogP contribution in [0, 0.1) is 5.82 Å². The van der Waals surface area contributed by atoms with Gasteiger partial charge in [0.1, 0.15) is 11.6 Å². The van der Waals surface area contributed by atoms with E-state index in [1.54, 1.807) is 48.5 Å². The van der Waals surface area contributed by atoms with E-state index in [0.717, 1.165) is 17.2 Å². The maximum atomic E-state index is 14.2. The van der Waals surface area contributed by atoms with Crippen molar-refractivity contribution < 1.29 is 33.0 Å². The number of Topliss-reactive ketones (excluding diaryl/α,β-unsaturated/α-hetero) is 1. The molecule has 0 saturated heterocycles. The van der Waals surface area contributed by atoms with E-state index in [9.17, 15) is 23.6 Å². The normalized spacial score (nSPS) is 10.3. The number of carbonyl (C=O) groups is 4. The lowest BCUT2D eigenvalue weighted by Gasteiger charge is -2.08. The van der Waals surface area contributed by atoms with Crippen molar-refractivity contribution in [1.82, 2.24) is 0 Å². The van der Waals surface area contributed by atoms with Gasteiger partial charge >= 0.3 is 11.9 Å². The number of hydrogen-bond acceptors (Lipinski definition) is 6. The number of nitrogens with one attached hydrogen (secondary N) is 1. The van der Waals surface area contributed by atoms with Gasteiger partial charge in [0.2, 0.25) is 11.7 Å². The van der Waals surface area contributed by atoms with Crippen molar-refractivity contribution >= 4 is 29.3 Å². The first kappa shape index (κ1) is 23.3. The van der Waals surface area contributed by atoms with Crippen LogP contribution in [0.15, 0.2) is 66.7 Å². The van der Waals surface area contributed by atoms with E-state index < -0.39 is 30.1 Å². The lowest BCUT2D eigenvalue weighted by atomic mass is 10.0. The number of anilines is 1. The summed E-state index contributed by atoms with van der Waals surface area (Å²) in [5.74, 6) is -2.61. The Balaban J connectivity index is 1.60. The number of ketones is 1. The summed E-state index contributed by atoms with van der Waals surface area (Å²) in [6.07, 6.45) is 0. The molecule has 0 aliphatic heterocycles. The van der Waals surface area contributed by atoms with Crippen LogP contribution in [0.5, 0.6) is 5.75 Å². The molecule has 0 spiro atoms. The van der Waals surface area contributed by atoms with Crippen LogP contribution >= 0.6 is 0 Å². The Bertz CT molecular complexity index is 1200. The van der Waals surface area contributed by atoms with Gasteiger partial charge < -0.3 is 14.8 Å². The van der Waals surface area contributed by atoms with Gasteiger partial charge in [-0.3, -0.25) is 14.4 Å². The summed E-state index contributed by atoms with van der Waals surface area (Å²) < 4.78 is 24.2. The van der Waals surface area contributed by atoms with Gasteiger partial charge in [-0.1, -0.05) is 24.3 Å². The van der Waals surface area contributed by atoms with Crippen molar-refractivity contribution in [2.75, 3.05) is 11.9 Å². The van der Waals surface area contributed by atoms with Crippen LogP contribution in [0.2, 0.25) is 0 Å². The third-order valence-corrected chi connectivity index (χ3v) is 4.49. The lowest BCUT2D eigenvalue weighted by molar-refractivity contribution is -0.131. The second kappa shape index (κ2) is 10.3. The molecule has 0 aliphatic carbocycles. The van der Waals surface area contributed by atoms with Crippen molar-refractivity contribution in [3.8, 4) is 16.9 Å². The minimum atomic E-state index is -0.827. The molecule has 168 valence electrons. The maximum absolute atomic E-state index is 14.2. The summed E-state index contributed by atoms with van der Waals surface area (Å²) in [5, 5.41) is 2.41.